The van der Waals surface area contributed by atoms with Crippen LogP contribution in [0.1, 0.15) is 148 Å². The van der Waals surface area contributed by atoms with Gasteiger partial charge in [-0.3, -0.25) is 23.6 Å². The first-order valence-corrected chi connectivity index (χ1v) is 39.8. The summed E-state index contributed by atoms with van der Waals surface area (Å²) in [5, 5.41) is 58.3. The van der Waals surface area contributed by atoms with Crippen LogP contribution in [0.15, 0.2) is 153 Å². The van der Waals surface area contributed by atoms with Crippen LogP contribution in [0.5, 0.6) is 0 Å². The molecule has 3 amide bonds. The van der Waals surface area contributed by atoms with E-state index in [0.29, 0.717) is 94.3 Å². The van der Waals surface area contributed by atoms with Gasteiger partial charge in [-0.05, 0) is 218 Å². The Balaban J connectivity index is 0.00000142. The van der Waals surface area contributed by atoms with Gasteiger partial charge in [0.25, 0.3) is 24.2 Å². The normalized spacial score (nSPS) is 13.3. The van der Waals surface area contributed by atoms with Gasteiger partial charge in [0, 0.05) is 120 Å². The van der Waals surface area contributed by atoms with Crippen LogP contribution in [0, 0.1) is 35.7 Å². The molecule has 4 aliphatic rings. The fourth-order valence-electron chi connectivity index (χ4n) is 10.8. The molecule has 10 N–H and O–H groups in total. The van der Waals surface area contributed by atoms with E-state index in [4.69, 9.17) is 53.1 Å². The molecule has 642 valence electrons. The maximum Gasteiger partial charge on any atom is 1.00 e. The molecule has 0 radical (unpaired) electrons. The number of aromatic carboxylic acids is 1. The number of halogens is 11. The molecule has 8 heterocycles. The summed E-state index contributed by atoms with van der Waals surface area (Å²) in [5.74, 6) is -4.09. The number of nitrogens with zero attached hydrogens (tertiary/aromatic N) is 5. The first kappa shape index (κ1) is 111. The molecular weight excluding hydrogens is 2150 g/mol. The predicted octanol–water partition coefficient (Wildman–Crippen LogP) is 7.72. The Morgan fingerprint density at radius 2 is 1.05 bits per heavy atom. The van der Waals surface area contributed by atoms with Crippen molar-refractivity contribution in [2.45, 2.75) is 125 Å². The number of fused-ring (bicyclic) bond motifs is 2. The average Bonchev–Trinajstić information content (AvgIpc) is 1.60. The second-order valence-corrected chi connectivity index (χ2v) is 30.1. The largest absolute Gasteiger partial charge is 1.00 e. The van der Waals surface area contributed by atoms with Crippen LogP contribution in [-0.2, 0) is 94.2 Å². The Hall–Kier alpha value is -4.68. The van der Waals surface area contributed by atoms with Gasteiger partial charge in [0.2, 0.25) is 5.69 Å². The number of aliphatic hydroxyl groups excluding tert-OH is 4. The topological polar surface area (TPSA) is 363 Å². The molecule has 9 aromatic rings. The van der Waals surface area contributed by atoms with Gasteiger partial charge in [0.05, 0.1) is 65.4 Å². The number of amides is 3. The minimum absolute atomic E-state index is 0. The molecule has 2 fully saturated rings. The number of rotatable bonds is 17. The number of methoxy groups -OCH3 is 1. The number of aromatic amines is 2. The molecule has 4 aromatic heterocycles. The number of carboxylic acids is 1. The number of H-pyrrole nitrogens is 2. The number of alkyl halides is 3. The third-order valence-electron chi connectivity index (χ3n) is 17.5. The first-order chi connectivity index (χ1) is 56.2. The smallest absolute Gasteiger partial charge is 1.00 e. The molecule has 120 heavy (non-hydrogen) atoms. The molecule has 2 saturated heterocycles. The average molecular weight is 2240 g/mol. The number of ether oxygens (including phenoxy) is 2. The van der Waals surface area contributed by atoms with Crippen molar-refractivity contribution in [3.63, 3.8) is 0 Å². The number of carboxylic acid groups (broad SMARTS) is 1. The van der Waals surface area contributed by atoms with Crippen LogP contribution >= 0.6 is 79.6 Å². The van der Waals surface area contributed by atoms with E-state index in [2.05, 4.69) is 109 Å². The number of benzene rings is 5. The maximum absolute atomic E-state index is 13.7. The summed E-state index contributed by atoms with van der Waals surface area (Å²) in [7, 11) is -0.317. The zero-order valence-electron chi connectivity index (χ0n) is 68.0. The zero-order valence-corrected chi connectivity index (χ0v) is 86.5. The third-order valence-corrected chi connectivity index (χ3v) is 20.7. The molecule has 5 aromatic carbocycles. The number of carbonyl (C=O) groups is 6. The number of carbonyl (C=O) groups excluding carboxylic acids is 5. The fourth-order valence-corrected chi connectivity index (χ4v) is 12.0. The van der Waals surface area contributed by atoms with Crippen LogP contribution in [-0.4, -0.2) is 160 Å². The van der Waals surface area contributed by atoms with Gasteiger partial charge < -0.3 is 95.8 Å². The minimum atomic E-state index is -1.00. The molecule has 0 saturated carbocycles. The summed E-state index contributed by atoms with van der Waals surface area (Å²) in [6, 6.07) is 26.9. The van der Waals surface area contributed by atoms with Gasteiger partial charge in [0.1, 0.15) is 51.9 Å². The van der Waals surface area contributed by atoms with E-state index in [1.165, 1.54) is 92.7 Å². The standard InChI is InChI=1S/C21H26BFN2O4.C15H14BrFN2O2.C13H12BrFN2O2.C9H6FNO2.C8H10FNO.C5H4BrNO2.C4H8O.C2H4Br2.CH3F.CH2O3.CH4.2Cs.H/c1-20(2)21(3,4)29-22(28-20)16-10-18-19(27)25(8-7-24(18)12-16)11-15-9-17(23)6-5-14(15)13-26;16-12-6-14-15(21)19(4-3-18(14)8-12)7-11-5-13(17)2-1-10(11)9-20;14-10-4-12(16-6-10)13(19)17-5-9-3-11(15)2-1-8(9)7-18;1-11-8-5-6(10)3-4-7(8)9(12)13-2;9-8-2-1-6(5-11)7(3-8)4-10;6-3-1-4(5(8)9)7-2-3;1-2-4-5-3-1;3-1-2-4;1-2;2-1-4-3;;;;/h5-6,9-10,12,26H,7-8,11,13H2,1-4H3;1-2,5-6,8,20H,3-4,7,9H2;1-4,6,16,18H,5,7H2,(H,17,19);3-5H,2H3;1-3,11H,4-5,10H2;1-2,7H,(H,8,9);1-4H2;1-2H2;1H3;1,3H;1H4;;;/q;;;;;;;;;;;2*+1;-1/p-1/i;;;;;;;;1D;;;;;. The van der Waals surface area contributed by atoms with E-state index in [1.54, 1.807) is 46.5 Å². The van der Waals surface area contributed by atoms with Crippen molar-refractivity contribution >= 4 is 134 Å². The number of hydrogen-bond donors (Lipinski definition) is 9. The Morgan fingerprint density at radius 1 is 0.650 bits per heavy atom. The van der Waals surface area contributed by atoms with Gasteiger partial charge in [0.15, 0.2) is 0 Å². The summed E-state index contributed by atoms with van der Waals surface area (Å²) >= 11 is 16.1. The van der Waals surface area contributed by atoms with Crippen molar-refractivity contribution in [1.29, 1.82) is 0 Å². The van der Waals surface area contributed by atoms with Gasteiger partial charge in [-0.15, -0.1) is 0 Å². The molecule has 0 unspecified atom stereocenters. The van der Waals surface area contributed by atoms with Gasteiger partial charge in [-0.1, -0.05) is 69.6 Å². The number of nitrogens with one attached hydrogen (secondary N) is 3. The maximum atomic E-state index is 13.7. The minimum Gasteiger partial charge on any atom is -1.00 e. The zero-order chi connectivity index (χ0) is 87.8. The van der Waals surface area contributed by atoms with Crippen LogP contribution in [0.2, 0.25) is 0 Å². The molecule has 0 atom stereocenters. The summed E-state index contributed by atoms with van der Waals surface area (Å²) in [6.45, 7) is 19.2. The summed E-state index contributed by atoms with van der Waals surface area (Å²) < 4.78 is 109. The van der Waals surface area contributed by atoms with E-state index in [9.17, 15) is 60.5 Å². The van der Waals surface area contributed by atoms with Gasteiger partial charge in [-0.2, -0.15) is 0 Å². The van der Waals surface area contributed by atoms with Gasteiger partial charge >= 0.3 is 157 Å². The van der Waals surface area contributed by atoms with Crippen molar-refractivity contribution < 1.29 is 250 Å². The monoisotopic (exact) mass is 2240 g/mol. The van der Waals surface area contributed by atoms with Crippen LogP contribution < -0.4 is 160 Å². The Morgan fingerprint density at radius 3 is 1.43 bits per heavy atom. The van der Waals surface area contributed by atoms with Crippen molar-refractivity contribution in [2.24, 2.45) is 5.73 Å². The molecule has 26 nitrogen and oxygen atoms in total. The van der Waals surface area contributed by atoms with Crippen LogP contribution in [0.3, 0.4) is 0 Å². The molecule has 40 heteroatoms. The molecule has 0 aliphatic carbocycles. The van der Waals surface area contributed by atoms with Crippen molar-refractivity contribution in [1.82, 2.24) is 34.2 Å². The number of nitrogens with two attached hydrogens (primary N) is 1. The first-order valence-electron chi connectivity index (χ1n) is 35.9. The summed E-state index contributed by atoms with van der Waals surface area (Å²) in [6.07, 6.45) is 9.57. The van der Waals surface area contributed by atoms with E-state index in [0.717, 1.165) is 54.9 Å². The molecule has 0 bridgehead atoms. The SMILES string of the molecule is BrCCBr.C.C1CCOC1.CC1(C)OB(c2cc3n(c2)CCN(Cc2cc(F)ccc2CO)C3=O)OC1(C)C.NCc1cc(F)ccc1CO.O=C(NCc1cc(F)ccc1CO)c1cc(Br)c[nH]1.O=C(O)c1cc(Br)c[nH]1.O=C1c2cc(Br)cn2CCN1Cc1cc(F)ccc1CO.O=CO[O-].[2H]CF.[C-]#[N+]c1cc(F)ccc1C(=O)OC.[Cs+].[Cs+].[H-]. The molecule has 0 spiro atoms. The third kappa shape index (κ3) is 36.7. The predicted molar refractivity (Wildman–Crippen MR) is 448 cm³/mol. The second-order valence-electron chi connectivity index (χ2n) is 25.7. The number of esters is 1. The van der Waals surface area contributed by atoms with Gasteiger partial charge in [-0.25, -0.2) is 36.4 Å². The van der Waals surface area contributed by atoms with E-state index in [-0.39, 0.29) is 251 Å². The number of aromatic nitrogens is 4. The number of hydrogen-bond acceptors (Lipinski definition) is 17. The second kappa shape index (κ2) is 59.3. The Kier molecular flexibility index (Phi) is 55.1. The van der Waals surface area contributed by atoms with Crippen LogP contribution in [0.25, 0.3) is 4.85 Å². The molecule has 4 aliphatic heterocycles. The Bertz CT molecular complexity index is 4760. The Labute approximate surface area is 855 Å². The van der Waals surface area contributed by atoms with Crippen molar-refractivity contribution in [3.8, 4) is 0 Å². The fraction of sp³-hybridized carbons (Fsp3) is 0.338. The summed E-state index contributed by atoms with van der Waals surface area (Å²) in [5.41, 5.74) is 12.1. The van der Waals surface area contributed by atoms with Crippen molar-refractivity contribution in [2.75, 3.05) is 51.2 Å². The van der Waals surface area contributed by atoms with E-state index < -0.39 is 49.0 Å². The van der Waals surface area contributed by atoms with E-state index in [1.807, 2.05) is 55.3 Å². The van der Waals surface area contributed by atoms with Crippen LogP contribution in [0.4, 0.5) is 32.0 Å². The van der Waals surface area contributed by atoms with E-state index >= 15 is 0 Å². The molecule has 13 rings (SSSR count). The quantitative estimate of drug-likeness (QED) is 0.00615. The number of aliphatic hydroxyl groups is 4. The molecular formula is C80H93BBr5Cs2F6N9O17. The summed E-state index contributed by atoms with van der Waals surface area (Å²) in [4.78, 5) is 81.4. The van der Waals surface area contributed by atoms with Crippen molar-refractivity contribution in [3.05, 3.63) is 267 Å².